The third-order valence-corrected chi connectivity index (χ3v) is 2.72. The largest absolute Gasteiger partial charge is 0.388 e. The van der Waals surface area contributed by atoms with Gasteiger partial charge >= 0.3 is 0 Å². The molecule has 0 aliphatic heterocycles. The number of rotatable bonds is 4. The summed E-state index contributed by atoms with van der Waals surface area (Å²) in [4.78, 5) is 17.8. The molecule has 0 aliphatic carbocycles. The zero-order valence-corrected chi connectivity index (χ0v) is 9.92. The van der Waals surface area contributed by atoms with Gasteiger partial charge in [-0.25, -0.2) is 4.98 Å². The van der Waals surface area contributed by atoms with Crippen molar-refractivity contribution < 1.29 is 15.0 Å². The first kappa shape index (κ1) is 12.5. The number of aromatic nitrogens is 2. The molecule has 0 bridgehead atoms. The Bertz CT molecular complexity index is 552. The average Bonchev–Trinajstić information content (AvgIpc) is 2.82. The van der Waals surface area contributed by atoms with Gasteiger partial charge in [-0.3, -0.25) is 4.79 Å². The summed E-state index contributed by atoms with van der Waals surface area (Å²) in [6.45, 7) is 1.35. The van der Waals surface area contributed by atoms with Gasteiger partial charge in [0.25, 0.3) is 0 Å². The van der Waals surface area contributed by atoms with Crippen LogP contribution in [-0.2, 0) is 4.79 Å². The van der Waals surface area contributed by atoms with Crippen LogP contribution >= 0.6 is 0 Å². The fourth-order valence-electron chi connectivity index (χ4n) is 1.79. The summed E-state index contributed by atoms with van der Waals surface area (Å²) in [5.41, 5.74) is 1.94. The molecule has 6 nitrogen and oxygen atoms in total. The van der Waals surface area contributed by atoms with E-state index in [1.807, 2.05) is 6.07 Å². The number of carbonyl (C=O) groups is 1. The van der Waals surface area contributed by atoms with E-state index in [0.717, 1.165) is 5.52 Å². The molecule has 0 saturated heterocycles. The molecule has 6 heteroatoms. The number of para-hydroxylation sites is 1. The quantitative estimate of drug-likeness (QED) is 0.617. The summed E-state index contributed by atoms with van der Waals surface area (Å²) in [5.74, 6) is -0.251. The zero-order valence-electron chi connectivity index (χ0n) is 9.92. The van der Waals surface area contributed by atoms with Gasteiger partial charge < -0.3 is 20.5 Å². The van der Waals surface area contributed by atoms with Crippen LogP contribution in [0.25, 0.3) is 11.0 Å². The summed E-state index contributed by atoms with van der Waals surface area (Å²) in [6, 6.07) is 5.30. The maximum Gasteiger partial charge on any atom is 0.216 e. The van der Waals surface area contributed by atoms with Gasteiger partial charge in [0, 0.05) is 19.0 Å². The topological polar surface area (TPSA) is 98.2 Å². The van der Waals surface area contributed by atoms with Crippen LogP contribution in [-0.4, -0.2) is 38.7 Å². The summed E-state index contributed by atoms with van der Waals surface area (Å²) in [7, 11) is 0. The SMILES string of the molecule is CC(=O)NCC(O)C(O)c1cccc2[nH]cnc12. The number of H-pyrrole nitrogens is 1. The van der Waals surface area contributed by atoms with E-state index in [1.54, 1.807) is 12.1 Å². The second kappa shape index (κ2) is 5.16. The Balaban J connectivity index is 2.19. The van der Waals surface area contributed by atoms with E-state index in [2.05, 4.69) is 15.3 Å². The summed E-state index contributed by atoms with van der Waals surface area (Å²) >= 11 is 0. The number of imidazole rings is 1. The van der Waals surface area contributed by atoms with Gasteiger partial charge in [-0.05, 0) is 6.07 Å². The van der Waals surface area contributed by atoms with Gasteiger partial charge in [-0.2, -0.15) is 0 Å². The molecule has 0 radical (unpaired) electrons. The van der Waals surface area contributed by atoms with E-state index >= 15 is 0 Å². The van der Waals surface area contributed by atoms with Crippen LogP contribution < -0.4 is 5.32 Å². The monoisotopic (exact) mass is 249 g/mol. The Kier molecular flexibility index (Phi) is 3.59. The average molecular weight is 249 g/mol. The Labute approximate surface area is 104 Å². The summed E-state index contributed by atoms with van der Waals surface area (Å²) in [5, 5.41) is 22.3. The maximum atomic E-state index is 10.8. The second-order valence-corrected chi connectivity index (χ2v) is 4.10. The van der Waals surface area contributed by atoms with E-state index in [1.165, 1.54) is 13.3 Å². The maximum absolute atomic E-state index is 10.8. The van der Waals surface area contributed by atoms with Gasteiger partial charge in [0.05, 0.1) is 17.4 Å². The fourth-order valence-corrected chi connectivity index (χ4v) is 1.79. The third kappa shape index (κ3) is 2.49. The first-order valence-electron chi connectivity index (χ1n) is 5.62. The third-order valence-electron chi connectivity index (χ3n) is 2.72. The molecule has 1 amide bonds. The van der Waals surface area contributed by atoms with Gasteiger partial charge in [0.15, 0.2) is 0 Å². The van der Waals surface area contributed by atoms with Crippen LogP contribution in [0, 0.1) is 0 Å². The summed E-state index contributed by atoms with van der Waals surface area (Å²) < 4.78 is 0. The highest BCUT2D eigenvalue weighted by atomic mass is 16.3. The number of hydrogen-bond donors (Lipinski definition) is 4. The molecule has 18 heavy (non-hydrogen) atoms. The molecule has 4 N–H and O–H groups in total. The van der Waals surface area contributed by atoms with Gasteiger partial charge in [0.1, 0.15) is 12.2 Å². The molecule has 2 aromatic rings. The van der Waals surface area contributed by atoms with Crippen LogP contribution in [0.5, 0.6) is 0 Å². The molecule has 0 aliphatic rings. The van der Waals surface area contributed by atoms with Crippen molar-refractivity contribution in [1.29, 1.82) is 0 Å². The Morgan fingerprint density at radius 2 is 2.28 bits per heavy atom. The van der Waals surface area contributed by atoms with Crippen molar-refractivity contribution >= 4 is 16.9 Å². The highest BCUT2D eigenvalue weighted by Gasteiger charge is 2.21. The number of benzene rings is 1. The Morgan fingerprint density at radius 1 is 1.50 bits per heavy atom. The van der Waals surface area contributed by atoms with Crippen molar-refractivity contribution in [3.05, 3.63) is 30.1 Å². The number of amides is 1. The van der Waals surface area contributed by atoms with Crippen molar-refractivity contribution in [2.45, 2.75) is 19.1 Å². The fraction of sp³-hybridized carbons (Fsp3) is 0.333. The number of nitrogens with one attached hydrogen (secondary N) is 2. The number of aliphatic hydroxyl groups excluding tert-OH is 2. The lowest BCUT2D eigenvalue weighted by molar-refractivity contribution is -0.119. The predicted octanol–water partition coefficient (Wildman–Crippen LogP) is 0.0933. The van der Waals surface area contributed by atoms with E-state index < -0.39 is 12.2 Å². The first-order chi connectivity index (χ1) is 8.59. The number of aromatic amines is 1. The number of carbonyl (C=O) groups excluding carboxylic acids is 1. The smallest absolute Gasteiger partial charge is 0.216 e. The Hall–Kier alpha value is -1.92. The predicted molar refractivity (Wildman–Crippen MR) is 65.7 cm³/mol. The van der Waals surface area contributed by atoms with E-state index in [0.29, 0.717) is 11.1 Å². The lowest BCUT2D eigenvalue weighted by Crippen LogP contribution is -2.34. The van der Waals surface area contributed by atoms with Gasteiger partial charge in [-0.15, -0.1) is 0 Å². The number of fused-ring (bicyclic) bond motifs is 1. The number of nitrogens with zero attached hydrogens (tertiary/aromatic N) is 1. The molecule has 2 unspecified atom stereocenters. The molecule has 0 fully saturated rings. The minimum absolute atomic E-state index is 0.00267. The van der Waals surface area contributed by atoms with Crippen molar-refractivity contribution in [2.75, 3.05) is 6.54 Å². The van der Waals surface area contributed by atoms with Crippen LogP contribution in [0.1, 0.15) is 18.6 Å². The standard InChI is InChI=1S/C12H15N3O3/c1-7(16)13-5-10(17)12(18)8-3-2-4-9-11(8)15-6-14-9/h2-4,6,10,12,17-18H,5H2,1H3,(H,13,16)(H,14,15). The molecule has 0 spiro atoms. The lowest BCUT2D eigenvalue weighted by Gasteiger charge is -2.18. The van der Waals surface area contributed by atoms with Crippen molar-refractivity contribution in [1.82, 2.24) is 15.3 Å². The molecule has 2 atom stereocenters. The molecule has 1 heterocycles. The molecule has 1 aromatic carbocycles. The molecule has 2 rings (SSSR count). The van der Waals surface area contributed by atoms with Crippen molar-refractivity contribution in [3.8, 4) is 0 Å². The van der Waals surface area contributed by atoms with Crippen molar-refractivity contribution in [3.63, 3.8) is 0 Å². The molecular weight excluding hydrogens is 234 g/mol. The van der Waals surface area contributed by atoms with E-state index in [9.17, 15) is 15.0 Å². The highest BCUT2D eigenvalue weighted by Crippen LogP contribution is 2.23. The van der Waals surface area contributed by atoms with Crippen molar-refractivity contribution in [2.24, 2.45) is 0 Å². The number of aliphatic hydroxyl groups is 2. The van der Waals surface area contributed by atoms with Crippen LogP contribution in [0.3, 0.4) is 0 Å². The zero-order chi connectivity index (χ0) is 13.1. The van der Waals surface area contributed by atoms with E-state index in [-0.39, 0.29) is 12.5 Å². The van der Waals surface area contributed by atoms with Gasteiger partial charge in [-0.1, -0.05) is 12.1 Å². The Morgan fingerprint density at radius 3 is 3.00 bits per heavy atom. The molecule has 1 aromatic heterocycles. The van der Waals surface area contributed by atoms with E-state index in [4.69, 9.17) is 0 Å². The minimum Gasteiger partial charge on any atom is -0.388 e. The molecule has 0 saturated carbocycles. The minimum atomic E-state index is -1.09. The van der Waals surface area contributed by atoms with Crippen LogP contribution in [0.2, 0.25) is 0 Å². The van der Waals surface area contributed by atoms with Crippen LogP contribution in [0.4, 0.5) is 0 Å². The number of hydrogen-bond acceptors (Lipinski definition) is 4. The first-order valence-corrected chi connectivity index (χ1v) is 5.62. The van der Waals surface area contributed by atoms with Gasteiger partial charge in [0.2, 0.25) is 5.91 Å². The molecular formula is C12H15N3O3. The summed E-state index contributed by atoms with van der Waals surface area (Å²) in [6.07, 6.45) is -0.638. The second-order valence-electron chi connectivity index (χ2n) is 4.10. The van der Waals surface area contributed by atoms with Crippen LogP contribution in [0.15, 0.2) is 24.5 Å². The molecule has 96 valence electrons. The highest BCUT2D eigenvalue weighted by molar-refractivity contribution is 5.78. The normalized spacial score (nSPS) is 14.4. The lowest BCUT2D eigenvalue weighted by atomic mass is 10.0.